The first-order valence-corrected chi connectivity index (χ1v) is 6.07. The molecule has 1 unspecified atom stereocenters. The summed E-state index contributed by atoms with van der Waals surface area (Å²) >= 11 is 0. The lowest BCUT2D eigenvalue weighted by atomic mass is 10.3. The maximum Gasteiger partial charge on any atom is 0.319 e. The summed E-state index contributed by atoms with van der Waals surface area (Å²) in [6.45, 7) is 6.47. The highest BCUT2D eigenvalue weighted by molar-refractivity contribution is 5.71. The van der Waals surface area contributed by atoms with E-state index in [0.717, 1.165) is 26.3 Å². The van der Waals surface area contributed by atoms with Crippen molar-refractivity contribution in [2.45, 2.75) is 13.0 Å². The highest BCUT2D eigenvalue weighted by Crippen LogP contribution is 1.97. The van der Waals surface area contributed by atoms with E-state index in [2.05, 4.69) is 10.2 Å². The Kier molecular flexibility index (Phi) is 7.11. The Morgan fingerprint density at radius 2 is 2.24 bits per heavy atom. The number of β-amino-alcohol motifs (C(OH)–C–C–N with tert-alkyl or cyclic N) is 1. The molecule has 0 bridgehead atoms. The Bertz CT molecular complexity index is 220. The largest absolute Gasteiger partial charge is 0.465 e. The van der Waals surface area contributed by atoms with Crippen molar-refractivity contribution in [1.82, 2.24) is 10.2 Å². The van der Waals surface area contributed by atoms with E-state index in [1.807, 2.05) is 0 Å². The SMILES string of the molecule is CCOC(=O)CNCC(O)CN1CCOCC1. The molecule has 100 valence electrons. The van der Waals surface area contributed by atoms with E-state index in [1.54, 1.807) is 6.92 Å². The summed E-state index contributed by atoms with van der Waals surface area (Å²) in [7, 11) is 0. The zero-order valence-corrected chi connectivity index (χ0v) is 10.4. The molecule has 6 heteroatoms. The van der Waals surface area contributed by atoms with Gasteiger partial charge in [0.05, 0.1) is 32.5 Å². The third-order valence-corrected chi connectivity index (χ3v) is 2.53. The van der Waals surface area contributed by atoms with Gasteiger partial charge in [-0.05, 0) is 6.92 Å². The Balaban J connectivity index is 2.03. The van der Waals surface area contributed by atoms with Crippen LogP contribution in [-0.4, -0.2) is 74.6 Å². The fourth-order valence-electron chi connectivity index (χ4n) is 1.70. The number of aliphatic hydroxyl groups excluding tert-OH is 1. The standard InChI is InChI=1S/C11H22N2O4/c1-2-17-11(15)8-12-7-10(14)9-13-3-5-16-6-4-13/h10,12,14H,2-9H2,1H3. The first kappa shape index (κ1) is 14.4. The summed E-state index contributed by atoms with van der Waals surface area (Å²) in [6.07, 6.45) is -0.470. The van der Waals surface area contributed by atoms with Crippen LogP contribution < -0.4 is 5.32 Å². The summed E-state index contributed by atoms with van der Waals surface area (Å²) in [4.78, 5) is 13.2. The maximum absolute atomic E-state index is 11.0. The van der Waals surface area contributed by atoms with Gasteiger partial charge in [-0.15, -0.1) is 0 Å². The molecule has 0 aromatic carbocycles. The summed E-state index contributed by atoms with van der Waals surface area (Å²) in [6, 6.07) is 0. The Hall–Kier alpha value is -0.690. The molecule has 1 aliphatic heterocycles. The molecule has 1 heterocycles. The molecule has 1 saturated heterocycles. The van der Waals surface area contributed by atoms with Crippen LogP contribution in [0.3, 0.4) is 0 Å². The zero-order valence-electron chi connectivity index (χ0n) is 10.4. The highest BCUT2D eigenvalue weighted by Gasteiger charge is 2.14. The van der Waals surface area contributed by atoms with Crippen LogP contribution in [-0.2, 0) is 14.3 Å². The zero-order chi connectivity index (χ0) is 12.5. The Labute approximate surface area is 102 Å². The van der Waals surface area contributed by atoms with Crippen molar-refractivity contribution in [1.29, 1.82) is 0 Å². The molecule has 0 spiro atoms. The third kappa shape index (κ3) is 6.58. The lowest BCUT2D eigenvalue weighted by Crippen LogP contribution is -2.44. The van der Waals surface area contributed by atoms with Crippen molar-refractivity contribution < 1.29 is 19.4 Å². The molecule has 6 nitrogen and oxygen atoms in total. The fraction of sp³-hybridized carbons (Fsp3) is 0.909. The lowest BCUT2D eigenvalue weighted by molar-refractivity contribution is -0.142. The van der Waals surface area contributed by atoms with Crippen LogP contribution >= 0.6 is 0 Å². The molecule has 2 N–H and O–H groups in total. The van der Waals surface area contributed by atoms with Crippen LogP contribution in [0.2, 0.25) is 0 Å². The lowest BCUT2D eigenvalue weighted by Gasteiger charge is -2.28. The van der Waals surface area contributed by atoms with E-state index in [9.17, 15) is 9.90 Å². The van der Waals surface area contributed by atoms with Crippen LogP contribution in [0.15, 0.2) is 0 Å². The van der Waals surface area contributed by atoms with E-state index in [0.29, 0.717) is 19.7 Å². The van der Waals surface area contributed by atoms with E-state index in [-0.39, 0.29) is 12.5 Å². The second kappa shape index (κ2) is 8.41. The van der Waals surface area contributed by atoms with Gasteiger partial charge in [-0.3, -0.25) is 9.69 Å². The van der Waals surface area contributed by atoms with Crippen LogP contribution in [0.1, 0.15) is 6.92 Å². The van der Waals surface area contributed by atoms with Crippen LogP contribution in [0.4, 0.5) is 0 Å². The molecule has 1 fully saturated rings. The summed E-state index contributed by atoms with van der Waals surface area (Å²) < 4.78 is 9.98. The molecule has 0 saturated carbocycles. The van der Waals surface area contributed by atoms with Gasteiger partial charge in [-0.2, -0.15) is 0 Å². The molecule has 0 radical (unpaired) electrons. The van der Waals surface area contributed by atoms with Crippen LogP contribution in [0.5, 0.6) is 0 Å². The number of nitrogens with one attached hydrogen (secondary N) is 1. The number of hydrogen-bond acceptors (Lipinski definition) is 6. The van der Waals surface area contributed by atoms with E-state index in [4.69, 9.17) is 9.47 Å². The maximum atomic E-state index is 11.0. The minimum Gasteiger partial charge on any atom is -0.465 e. The van der Waals surface area contributed by atoms with Gasteiger partial charge in [0.15, 0.2) is 0 Å². The minimum atomic E-state index is -0.470. The third-order valence-electron chi connectivity index (χ3n) is 2.53. The smallest absolute Gasteiger partial charge is 0.319 e. The first-order chi connectivity index (χ1) is 8.22. The van der Waals surface area contributed by atoms with Crippen molar-refractivity contribution in [3.63, 3.8) is 0 Å². The molecule has 1 atom stereocenters. The second-order valence-electron chi connectivity index (χ2n) is 4.00. The van der Waals surface area contributed by atoms with Gasteiger partial charge in [0.2, 0.25) is 0 Å². The van der Waals surface area contributed by atoms with E-state index >= 15 is 0 Å². The van der Waals surface area contributed by atoms with Gasteiger partial charge >= 0.3 is 5.97 Å². The van der Waals surface area contributed by atoms with Crippen LogP contribution in [0.25, 0.3) is 0 Å². The van der Waals surface area contributed by atoms with E-state index < -0.39 is 6.10 Å². The van der Waals surface area contributed by atoms with Crippen molar-refractivity contribution in [2.24, 2.45) is 0 Å². The van der Waals surface area contributed by atoms with E-state index in [1.165, 1.54) is 0 Å². The number of carbonyl (C=O) groups excluding carboxylic acids is 1. The quantitative estimate of drug-likeness (QED) is 0.552. The summed E-state index contributed by atoms with van der Waals surface area (Å²) in [5.74, 6) is -0.286. The highest BCUT2D eigenvalue weighted by atomic mass is 16.5. The van der Waals surface area contributed by atoms with Gasteiger partial charge in [0.25, 0.3) is 0 Å². The predicted octanol–water partition coefficient (Wildman–Crippen LogP) is -1.17. The topological polar surface area (TPSA) is 71.0 Å². The van der Waals surface area contributed by atoms with Crippen molar-refractivity contribution in [3.05, 3.63) is 0 Å². The molecule has 1 aliphatic rings. The number of hydrogen-bond donors (Lipinski definition) is 2. The van der Waals surface area contributed by atoms with Gasteiger partial charge in [-0.25, -0.2) is 0 Å². The van der Waals surface area contributed by atoms with Gasteiger partial charge in [-0.1, -0.05) is 0 Å². The normalized spacial score (nSPS) is 18.9. The second-order valence-corrected chi connectivity index (χ2v) is 4.00. The Morgan fingerprint density at radius 1 is 1.53 bits per heavy atom. The summed E-state index contributed by atoms with van der Waals surface area (Å²) in [5, 5.41) is 12.6. The van der Waals surface area contributed by atoms with Crippen molar-refractivity contribution in [2.75, 3.05) is 52.5 Å². The predicted molar refractivity (Wildman–Crippen MR) is 62.8 cm³/mol. The number of morpholine rings is 1. The molecule has 0 aliphatic carbocycles. The molecule has 1 rings (SSSR count). The minimum absolute atomic E-state index is 0.147. The van der Waals surface area contributed by atoms with Gasteiger partial charge in [0.1, 0.15) is 0 Å². The van der Waals surface area contributed by atoms with Crippen LogP contribution in [0, 0.1) is 0 Å². The monoisotopic (exact) mass is 246 g/mol. The molecule has 0 aromatic heterocycles. The first-order valence-electron chi connectivity index (χ1n) is 6.07. The Morgan fingerprint density at radius 3 is 2.88 bits per heavy atom. The van der Waals surface area contributed by atoms with Gasteiger partial charge < -0.3 is 19.9 Å². The number of carbonyl (C=O) groups is 1. The average molecular weight is 246 g/mol. The van der Waals surface area contributed by atoms with Crippen molar-refractivity contribution >= 4 is 5.97 Å². The molecular formula is C11H22N2O4. The number of aliphatic hydroxyl groups is 1. The fourth-order valence-corrected chi connectivity index (χ4v) is 1.70. The number of ether oxygens (including phenoxy) is 2. The molecule has 0 aromatic rings. The van der Waals surface area contributed by atoms with Crippen molar-refractivity contribution in [3.8, 4) is 0 Å². The average Bonchev–Trinajstić information content (AvgIpc) is 2.30. The molecule has 0 amide bonds. The number of nitrogens with zero attached hydrogens (tertiary/aromatic N) is 1. The molecular weight excluding hydrogens is 224 g/mol. The molecule has 17 heavy (non-hydrogen) atoms. The van der Waals surface area contributed by atoms with Gasteiger partial charge in [0, 0.05) is 26.2 Å². The summed E-state index contributed by atoms with van der Waals surface area (Å²) in [5.41, 5.74) is 0. The number of rotatable bonds is 7. The number of esters is 1.